The Morgan fingerprint density at radius 3 is 1.30 bits per heavy atom. The van der Waals surface area contributed by atoms with Crippen molar-refractivity contribution < 1.29 is 141 Å². The first kappa shape index (κ1) is 63.5. The van der Waals surface area contributed by atoms with Crippen molar-refractivity contribution in [2.75, 3.05) is 0 Å². The first-order valence-electron chi connectivity index (χ1n) is 25.3. The van der Waals surface area contributed by atoms with E-state index in [9.17, 15) is 58.8 Å². The number of aromatic hydroxyl groups is 2. The number of benzene rings is 8. The average molecular weight is 1170 g/mol. The number of phenols is 2. The van der Waals surface area contributed by atoms with Gasteiger partial charge < -0.3 is 48.8 Å². The number of aromatic nitrogens is 2. The Labute approximate surface area is 525 Å². The van der Waals surface area contributed by atoms with E-state index in [1.54, 1.807) is 108 Å². The number of carboxylic acid groups (broad SMARTS) is 2. The number of esters is 2. The molecule has 0 atom stereocenters. The SMILES string of the molecule is Cc1cc(C(=O)O)cc(C)c1OC(=O)c1c2ccccc2[n+](C)c2cc(/C(=C/c3ccc(O)cc3)OP(=O)([O-])[O-])ccc12.Cc1cc(C(=O)O)cc(C)c1OC(=O)c1c2ccccc2[n+](C)c2cc(C(=O)Cc3ccc(O)cc3)ccc12.[Na+].[Na+]. The van der Waals surface area contributed by atoms with Gasteiger partial charge in [0.25, 0.3) is 0 Å². The Balaban J connectivity index is 0.000000236. The van der Waals surface area contributed by atoms with Crippen molar-refractivity contribution in [3.8, 4) is 23.0 Å². The number of Topliss-reactive ketones (excluding diaryl/α,β-unsaturated/α-hetero) is 1. The van der Waals surface area contributed by atoms with Gasteiger partial charge in [-0.1, -0.05) is 60.7 Å². The van der Waals surface area contributed by atoms with E-state index in [1.807, 2.05) is 46.5 Å². The predicted octanol–water partition coefficient (Wildman–Crippen LogP) is 3.89. The summed E-state index contributed by atoms with van der Waals surface area (Å²) >= 11 is 0. The number of fused-ring (bicyclic) bond motifs is 4. The third kappa shape index (κ3) is 13.8. The molecule has 0 amide bonds. The summed E-state index contributed by atoms with van der Waals surface area (Å²) in [5.41, 5.74) is 7.45. The summed E-state index contributed by atoms with van der Waals surface area (Å²) < 4.78 is 32.0. The number of hydrogen-bond donors (Lipinski definition) is 4. The molecule has 0 spiro atoms. The van der Waals surface area contributed by atoms with E-state index in [0.717, 1.165) is 11.1 Å². The van der Waals surface area contributed by atoms with Crippen molar-refractivity contribution in [3.05, 3.63) is 224 Å². The fourth-order valence-electron chi connectivity index (χ4n) is 9.98. The zero-order valence-corrected chi connectivity index (χ0v) is 51.8. The minimum absolute atomic E-state index is 0. The molecular weight excluding hydrogens is 1110 g/mol. The summed E-state index contributed by atoms with van der Waals surface area (Å²) in [6, 6.07) is 42.8. The molecule has 0 unspecified atom stereocenters. The summed E-state index contributed by atoms with van der Waals surface area (Å²) in [6.45, 7) is 6.72. The molecule has 0 saturated heterocycles. The number of carbonyl (C=O) groups is 5. The Morgan fingerprint density at radius 1 is 0.500 bits per heavy atom. The van der Waals surface area contributed by atoms with Crippen molar-refractivity contribution in [2.24, 2.45) is 14.1 Å². The number of carbonyl (C=O) groups excluding carboxylic acids is 3. The third-order valence-corrected chi connectivity index (χ3v) is 14.3. The van der Waals surface area contributed by atoms with Crippen LogP contribution in [0.4, 0.5) is 0 Å². The molecule has 10 rings (SSSR count). The molecule has 0 fully saturated rings. The van der Waals surface area contributed by atoms with E-state index < -0.39 is 31.7 Å². The van der Waals surface area contributed by atoms with Crippen LogP contribution in [0.25, 0.3) is 55.4 Å². The number of aryl methyl sites for hydroxylation is 6. The number of para-hydroxylation sites is 2. The van der Waals surface area contributed by atoms with Gasteiger partial charge in [0.05, 0.1) is 43.8 Å². The molecule has 8 aromatic carbocycles. The number of hydrogen-bond acceptors (Lipinski definition) is 13. The molecule has 0 bridgehead atoms. The molecule has 412 valence electrons. The summed E-state index contributed by atoms with van der Waals surface area (Å²) in [4.78, 5) is 86.9. The standard InChI is InChI=1S/C32H26NO9P.C32H25NO6.2Na/c1-18-14-22(31(35)36)15-19(2)30(18)41-32(37)29-24-6-4-5-7-26(24)33(3)27-17-21(10-13-25(27)29)28(42-43(38,39)40)16-20-8-11-23(34)12-9-20;1-18-14-22(31(36)37)15-19(2)30(18)39-32(38)29-24-6-4-5-7-26(24)33(3)27-17-21(10-13-25(27)29)28(35)16-20-8-11-23(34)12-9-20;;/h4-17H,1-3H3,(H3,35,36,38,39,40);4-15,17H,16H2,1-3H3,(H-,34,36,37);;/q;;2*+1. The van der Waals surface area contributed by atoms with Gasteiger partial charge in [0.15, 0.2) is 5.78 Å². The Bertz CT molecular complexity index is 4340. The molecule has 2 heterocycles. The van der Waals surface area contributed by atoms with Crippen LogP contribution in [0.1, 0.15) is 90.7 Å². The fraction of sp³-hybridized carbons (Fsp3) is 0.109. The molecule has 2 aromatic heterocycles. The molecule has 20 heteroatoms. The molecule has 0 radical (unpaired) electrons. The second-order valence-electron chi connectivity index (χ2n) is 19.5. The quantitative estimate of drug-likeness (QED) is 0.0147. The van der Waals surface area contributed by atoms with Crippen LogP contribution >= 0.6 is 7.82 Å². The first-order chi connectivity index (χ1) is 39.0. The molecule has 0 aliphatic carbocycles. The Hall–Kier alpha value is -8.06. The van der Waals surface area contributed by atoms with Crippen molar-refractivity contribution in [3.63, 3.8) is 0 Å². The topological polar surface area (TPSA) is 265 Å². The fourth-order valence-corrected chi connectivity index (χ4v) is 10.4. The van der Waals surface area contributed by atoms with Gasteiger partial charge in [0, 0.05) is 41.8 Å². The number of pyridine rings is 2. The van der Waals surface area contributed by atoms with Crippen molar-refractivity contribution in [1.29, 1.82) is 0 Å². The largest absolute Gasteiger partial charge is 1.00 e. The number of phenolic OH excluding ortho intramolecular Hbond substituents is 2. The van der Waals surface area contributed by atoms with Crippen molar-refractivity contribution in [1.82, 2.24) is 0 Å². The first-order valence-corrected chi connectivity index (χ1v) is 26.8. The minimum atomic E-state index is -5.46. The van der Waals surface area contributed by atoms with Crippen LogP contribution in [-0.4, -0.2) is 50.1 Å². The van der Waals surface area contributed by atoms with E-state index in [0.29, 0.717) is 82.8 Å². The summed E-state index contributed by atoms with van der Waals surface area (Å²) in [5.74, 6) is -3.04. The summed E-state index contributed by atoms with van der Waals surface area (Å²) in [7, 11) is -1.81. The average Bonchev–Trinajstić information content (AvgIpc) is 1.04. The third-order valence-electron chi connectivity index (χ3n) is 13.8. The van der Waals surface area contributed by atoms with Gasteiger partial charge in [0.1, 0.15) is 50.7 Å². The maximum absolute atomic E-state index is 13.8. The maximum atomic E-state index is 13.8. The summed E-state index contributed by atoms with van der Waals surface area (Å²) in [5, 5.41) is 40.2. The minimum Gasteiger partial charge on any atom is -0.780 e. The number of ether oxygens (including phenoxy) is 2. The monoisotopic (exact) mass is 1160 g/mol. The van der Waals surface area contributed by atoms with Crippen LogP contribution in [0, 0.1) is 27.7 Å². The van der Waals surface area contributed by atoms with Crippen LogP contribution in [0.5, 0.6) is 23.0 Å². The molecular formula is C64H51N2Na2O15P+2. The van der Waals surface area contributed by atoms with Crippen LogP contribution in [0.15, 0.2) is 158 Å². The van der Waals surface area contributed by atoms with Crippen molar-refractivity contribution >= 4 is 92.9 Å². The second-order valence-corrected chi connectivity index (χ2v) is 20.6. The van der Waals surface area contributed by atoms with Crippen LogP contribution in [-0.2, 0) is 29.6 Å². The van der Waals surface area contributed by atoms with Gasteiger partial charge in [-0.05, 0) is 140 Å². The number of phosphoric acid groups is 1. The van der Waals surface area contributed by atoms with Crippen molar-refractivity contribution in [2.45, 2.75) is 34.1 Å². The normalized spacial score (nSPS) is 11.3. The molecule has 0 aliphatic rings. The molecule has 17 nitrogen and oxygen atoms in total. The number of phosphoric ester groups is 1. The van der Waals surface area contributed by atoms with E-state index in [-0.39, 0.29) is 117 Å². The van der Waals surface area contributed by atoms with Crippen LogP contribution in [0.2, 0.25) is 0 Å². The van der Waals surface area contributed by atoms with Crippen LogP contribution in [0.3, 0.4) is 0 Å². The van der Waals surface area contributed by atoms with Gasteiger partial charge in [-0.3, -0.25) is 4.79 Å². The number of nitrogens with zero attached hydrogens (tertiary/aromatic N) is 2. The second kappa shape index (κ2) is 26.2. The zero-order valence-electron chi connectivity index (χ0n) is 46.9. The van der Waals surface area contributed by atoms with Gasteiger partial charge in [-0.15, -0.1) is 0 Å². The smallest absolute Gasteiger partial charge is 0.780 e. The number of rotatable bonds is 13. The van der Waals surface area contributed by atoms with E-state index in [4.69, 9.17) is 14.0 Å². The summed E-state index contributed by atoms with van der Waals surface area (Å²) in [6.07, 6.45) is 1.52. The van der Waals surface area contributed by atoms with E-state index in [1.165, 1.54) is 60.7 Å². The van der Waals surface area contributed by atoms with Crippen LogP contribution < -0.4 is 87.5 Å². The van der Waals surface area contributed by atoms with Gasteiger partial charge >= 0.3 is 83.0 Å². The van der Waals surface area contributed by atoms with E-state index >= 15 is 0 Å². The predicted molar refractivity (Wildman–Crippen MR) is 302 cm³/mol. The molecule has 0 saturated carbocycles. The van der Waals surface area contributed by atoms with Gasteiger partial charge in [-0.2, -0.15) is 9.13 Å². The Kier molecular flexibility index (Phi) is 19.8. The molecule has 84 heavy (non-hydrogen) atoms. The van der Waals surface area contributed by atoms with Gasteiger partial charge in [0.2, 0.25) is 22.1 Å². The number of carboxylic acids is 2. The number of aromatic carboxylic acids is 2. The Morgan fingerprint density at radius 2 is 0.881 bits per heavy atom. The van der Waals surface area contributed by atoms with E-state index in [2.05, 4.69) is 0 Å². The molecule has 10 aromatic rings. The number of ketones is 1. The maximum Gasteiger partial charge on any atom is 1.00 e. The molecule has 4 N–H and O–H groups in total. The van der Waals surface area contributed by atoms with Gasteiger partial charge in [-0.25, -0.2) is 19.2 Å². The molecule has 0 aliphatic heterocycles. The zero-order chi connectivity index (χ0) is 58.9.